The van der Waals surface area contributed by atoms with E-state index < -0.39 is 0 Å². The lowest BCUT2D eigenvalue weighted by atomic mass is 10.2. The van der Waals surface area contributed by atoms with Crippen LogP contribution in [0.5, 0.6) is 0 Å². The zero-order valence-corrected chi connectivity index (χ0v) is 10.1. The summed E-state index contributed by atoms with van der Waals surface area (Å²) in [5.74, 6) is -0.248. The van der Waals surface area contributed by atoms with Crippen LogP contribution < -0.4 is 11.1 Å². The van der Waals surface area contributed by atoms with Gasteiger partial charge in [-0.2, -0.15) is 0 Å². The van der Waals surface area contributed by atoms with Crippen LogP contribution in [0.3, 0.4) is 0 Å². The molecule has 1 aromatic heterocycles. The van der Waals surface area contributed by atoms with Crippen LogP contribution in [0.25, 0.3) is 22.1 Å². The van der Waals surface area contributed by atoms with Crippen molar-refractivity contribution in [1.29, 1.82) is 0 Å². The van der Waals surface area contributed by atoms with Crippen molar-refractivity contribution in [2.24, 2.45) is 5.73 Å². The molecule has 3 rings (SSSR count). The Bertz CT molecular complexity index is 770. The summed E-state index contributed by atoms with van der Waals surface area (Å²) >= 11 is 0. The Morgan fingerprint density at radius 3 is 2.42 bits per heavy atom. The Hall–Kier alpha value is -2.53. The number of rotatable bonds is 2. The number of hydrogen-bond donors (Lipinski definition) is 2. The molecule has 0 saturated heterocycles. The summed E-state index contributed by atoms with van der Waals surface area (Å²) in [7, 11) is 0. The van der Waals surface area contributed by atoms with Crippen molar-refractivity contribution < 1.29 is 4.79 Å². The molecule has 0 bridgehead atoms. The first-order chi connectivity index (χ1) is 9.28. The molecule has 1 heterocycles. The van der Waals surface area contributed by atoms with Crippen LogP contribution in [0.15, 0.2) is 42.5 Å². The van der Waals surface area contributed by atoms with E-state index in [4.69, 9.17) is 5.73 Å². The molecule has 0 aliphatic rings. The lowest BCUT2D eigenvalue weighted by Crippen LogP contribution is -2.22. The number of fused-ring (bicyclic) bond motifs is 2. The van der Waals surface area contributed by atoms with Gasteiger partial charge in [0.05, 0.1) is 28.8 Å². The highest BCUT2D eigenvalue weighted by Gasteiger charge is 2.07. The number of nitrogens with one attached hydrogen (secondary N) is 1. The van der Waals surface area contributed by atoms with E-state index >= 15 is 0 Å². The Labute approximate surface area is 109 Å². The molecule has 0 fully saturated rings. The van der Waals surface area contributed by atoms with Gasteiger partial charge in [-0.25, -0.2) is 9.97 Å². The maximum Gasteiger partial charge on any atom is 0.238 e. The molecule has 3 aromatic rings. The number of para-hydroxylation sites is 3. The Morgan fingerprint density at radius 1 is 1.00 bits per heavy atom. The molecule has 0 saturated carbocycles. The summed E-state index contributed by atoms with van der Waals surface area (Å²) in [6.45, 7) is -0.0581. The molecule has 19 heavy (non-hydrogen) atoms. The molecule has 0 radical (unpaired) electrons. The monoisotopic (exact) mass is 252 g/mol. The molecule has 0 unspecified atom stereocenters. The maximum absolute atomic E-state index is 11.4. The number of carbonyl (C=O) groups excluding carboxylic acids is 1. The molecule has 0 aliphatic heterocycles. The van der Waals surface area contributed by atoms with E-state index in [1.807, 2.05) is 36.4 Å². The van der Waals surface area contributed by atoms with Gasteiger partial charge in [0.25, 0.3) is 0 Å². The molecule has 0 aliphatic carbocycles. The van der Waals surface area contributed by atoms with Gasteiger partial charge in [-0.05, 0) is 24.3 Å². The van der Waals surface area contributed by atoms with Crippen LogP contribution in [0.4, 0.5) is 5.69 Å². The number of hydrogen-bond acceptors (Lipinski definition) is 4. The van der Waals surface area contributed by atoms with Gasteiger partial charge in [0.1, 0.15) is 5.52 Å². The number of carbonyl (C=O) groups is 1. The highest BCUT2D eigenvalue weighted by Crippen LogP contribution is 2.22. The quantitative estimate of drug-likeness (QED) is 0.680. The molecule has 1 amide bonds. The Kier molecular flexibility index (Phi) is 2.81. The SMILES string of the molecule is NCC(=O)Nc1cccc2nc3ccccc3nc12. The smallest absolute Gasteiger partial charge is 0.238 e. The van der Waals surface area contributed by atoms with Crippen molar-refractivity contribution >= 4 is 33.7 Å². The summed E-state index contributed by atoms with van der Waals surface area (Å²) in [4.78, 5) is 20.5. The third-order valence-corrected chi connectivity index (χ3v) is 2.83. The first-order valence-electron chi connectivity index (χ1n) is 5.93. The summed E-state index contributed by atoms with van der Waals surface area (Å²) in [5, 5.41) is 2.73. The summed E-state index contributed by atoms with van der Waals surface area (Å²) in [6, 6.07) is 13.1. The minimum atomic E-state index is -0.248. The van der Waals surface area contributed by atoms with Gasteiger partial charge in [-0.15, -0.1) is 0 Å². The van der Waals surface area contributed by atoms with Gasteiger partial charge in [0.2, 0.25) is 5.91 Å². The summed E-state index contributed by atoms with van der Waals surface area (Å²) < 4.78 is 0. The fourth-order valence-corrected chi connectivity index (χ4v) is 1.94. The largest absolute Gasteiger partial charge is 0.323 e. The number of nitrogens with two attached hydrogens (primary N) is 1. The van der Waals surface area contributed by atoms with Gasteiger partial charge < -0.3 is 11.1 Å². The molecule has 5 heteroatoms. The summed E-state index contributed by atoms with van der Waals surface area (Å²) in [5.41, 5.74) is 8.98. The van der Waals surface area contributed by atoms with E-state index in [9.17, 15) is 4.79 Å². The third-order valence-electron chi connectivity index (χ3n) is 2.83. The first kappa shape index (κ1) is 11.6. The fraction of sp³-hybridized carbons (Fsp3) is 0.0714. The van der Waals surface area contributed by atoms with Crippen molar-refractivity contribution in [3.05, 3.63) is 42.5 Å². The Morgan fingerprint density at radius 2 is 1.68 bits per heavy atom. The van der Waals surface area contributed by atoms with Gasteiger partial charge in [0.15, 0.2) is 0 Å². The van der Waals surface area contributed by atoms with Gasteiger partial charge in [0, 0.05) is 0 Å². The van der Waals surface area contributed by atoms with E-state index in [0.717, 1.165) is 16.6 Å². The normalized spacial score (nSPS) is 10.8. The molecule has 5 nitrogen and oxygen atoms in total. The number of benzene rings is 2. The van der Waals surface area contributed by atoms with Crippen molar-refractivity contribution in [3.8, 4) is 0 Å². The number of amides is 1. The van der Waals surface area contributed by atoms with Crippen LogP contribution >= 0.6 is 0 Å². The fourth-order valence-electron chi connectivity index (χ4n) is 1.94. The average Bonchev–Trinajstić information content (AvgIpc) is 2.45. The number of anilines is 1. The van der Waals surface area contributed by atoms with Gasteiger partial charge in [-0.3, -0.25) is 4.79 Å². The van der Waals surface area contributed by atoms with Crippen LogP contribution in [-0.2, 0) is 4.79 Å². The molecule has 2 aromatic carbocycles. The van der Waals surface area contributed by atoms with Crippen molar-refractivity contribution in [1.82, 2.24) is 9.97 Å². The maximum atomic E-state index is 11.4. The lowest BCUT2D eigenvalue weighted by molar-refractivity contribution is -0.114. The highest BCUT2D eigenvalue weighted by atomic mass is 16.1. The zero-order chi connectivity index (χ0) is 13.2. The topological polar surface area (TPSA) is 80.9 Å². The van der Waals surface area contributed by atoms with Gasteiger partial charge in [-0.1, -0.05) is 18.2 Å². The molecule has 3 N–H and O–H groups in total. The van der Waals surface area contributed by atoms with Crippen molar-refractivity contribution in [2.75, 3.05) is 11.9 Å². The van der Waals surface area contributed by atoms with Crippen LogP contribution in [-0.4, -0.2) is 22.4 Å². The van der Waals surface area contributed by atoms with Crippen molar-refractivity contribution in [2.45, 2.75) is 0 Å². The van der Waals surface area contributed by atoms with E-state index in [1.165, 1.54) is 0 Å². The van der Waals surface area contributed by atoms with E-state index in [0.29, 0.717) is 11.2 Å². The highest BCUT2D eigenvalue weighted by molar-refractivity contribution is 6.01. The molecule has 94 valence electrons. The predicted octanol–water partition coefficient (Wildman–Crippen LogP) is 1.68. The van der Waals surface area contributed by atoms with Crippen molar-refractivity contribution in [3.63, 3.8) is 0 Å². The van der Waals surface area contributed by atoms with Crippen LogP contribution in [0.2, 0.25) is 0 Å². The van der Waals surface area contributed by atoms with Crippen LogP contribution in [0.1, 0.15) is 0 Å². The second-order valence-electron chi connectivity index (χ2n) is 4.14. The number of aromatic nitrogens is 2. The van der Waals surface area contributed by atoms with E-state index in [2.05, 4.69) is 15.3 Å². The zero-order valence-electron chi connectivity index (χ0n) is 10.1. The minimum absolute atomic E-state index is 0.0581. The average molecular weight is 252 g/mol. The van der Waals surface area contributed by atoms with Crippen LogP contribution in [0, 0.1) is 0 Å². The molecule has 0 atom stereocenters. The first-order valence-corrected chi connectivity index (χ1v) is 5.93. The van der Waals surface area contributed by atoms with E-state index in [1.54, 1.807) is 6.07 Å². The lowest BCUT2D eigenvalue weighted by Gasteiger charge is -2.07. The number of nitrogens with zero attached hydrogens (tertiary/aromatic N) is 2. The molecular weight excluding hydrogens is 240 g/mol. The minimum Gasteiger partial charge on any atom is -0.323 e. The second-order valence-corrected chi connectivity index (χ2v) is 4.14. The van der Waals surface area contributed by atoms with Gasteiger partial charge >= 0.3 is 0 Å². The molecule has 0 spiro atoms. The molecular formula is C14H12N4O. The predicted molar refractivity (Wildman–Crippen MR) is 74.7 cm³/mol. The summed E-state index contributed by atoms with van der Waals surface area (Å²) in [6.07, 6.45) is 0. The second kappa shape index (κ2) is 4.62. The van der Waals surface area contributed by atoms with E-state index in [-0.39, 0.29) is 12.5 Å². The standard InChI is InChI=1S/C14H12N4O/c15-8-13(19)17-12-7-3-6-11-14(12)18-10-5-2-1-4-9(10)16-11/h1-7H,8,15H2,(H,17,19). The third kappa shape index (κ3) is 2.11. The Balaban J connectivity index is 2.23.